The molecule has 1 aromatic rings. The van der Waals surface area contributed by atoms with Crippen molar-refractivity contribution in [2.75, 3.05) is 12.4 Å². The van der Waals surface area contributed by atoms with Crippen LogP contribution >= 0.6 is 22.6 Å². The number of aromatic nitrogens is 1. The van der Waals surface area contributed by atoms with Crippen molar-refractivity contribution in [2.45, 2.75) is 13.8 Å². The van der Waals surface area contributed by atoms with E-state index in [2.05, 4.69) is 22.6 Å². The van der Waals surface area contributed by atoms with Crippen molar-refractivity contribution in [3.63, 3.8) is 0 Å². The molecule has 0 aliphatic rings. The summed E-state index contributed by atoms with van der Waals surface area (Å²) in [5, 5.41) is 0. The summed E-state index contributed by atoms with van der Waals surface area (Å²) in [5.74, 6) is 5.21. The molecule has 0 aromatic carbocycles. The lowest BCUT2D eigenvalue weighted by Crippen LogP contribution is -2.18. The third-order valence-electron chi connectivity index (χ3n) is 1.69. The molecule has 0 aliphatic heterocycles. The van der Waals surface area contributed by atoms with Crippen LogP contribution in [0.5, 0.6) is 0 Å². The normalized spacial score (nSPS) is 10.1. The molecule has 0 radical (unpaired) electrons. The maximum absolute atomic E-state index is 11.4. The van der Waals surface area contributed by atoms with E-state index in [4.69, 9.17) is 10.6 Å². The van der Waals surface area contributed by atoms with E-state index < -0.39 is 0 Å². The first kappa shape index (κ1) is 10.4. The number of nitrogens with zero attached hydrogens (tertiary/aromatic N) is 1. The first-order chi connectivity index (χ1) is 6.07. The number of nitrogens with two attached hydrogens (primary N) is 1. The van der Waals surface area contributed by atoms with E-state index in [1.807, 2.05) is 6.92 Å². The third kappa shape index (κ3) is 1.96. The van der Waals surface area contributed by atoms with Crippen molar-refractivity contribution in [1.82, 2.24) is 4.68 Å². The van der Waals surface area contributed by atoms with E-state index in [-0.39, 0.29) is 5.97 Å². The van der Waals surface area contributed by atoms with Crippen LogP contribution in [0.3, 0.4) is 0 Å². The van der Waals surface area contributed by atoms with Crippen LogP contribution in [0.1, 0.15) is 23.0 Å². The molecule has 0 atom stereocenters. The molecule has 0 aliphatic carbocycles. The highest BCUT2D eigenvalue weighted by Crippen LogP contribution is 2.17. The molecule has 4 nitrogen and oxygen atoms in total. The summed E-state index contributed by atoms with van der Waals surface area (Å²) in [7, 11) is 0. The lowest BCUT2D eigenvalue weighted by atomic mass is 10.3. The zero-order chi connectivity index (χ0) is 10.0. The van der Waals surface area contributed by atoms with E-state index in [9.17, 15) is 4.79 Å². The molecule has 5 heteroatoms. The van der Waals surface area contributed by atoms with E-state index >= 15 is 0 Å². The van der Waals surface area contributed by atoms with Gasteiger partial charge in [-0.2, -0.15) is 0 Å². The van der Waals surface area contributed by atoms with Gasteiger partial charge in [-0.05, 0) is 42.0 Å². The quantitative estimate of drug-likeness (QED) is 0.508. The van der Waals surface area contributed by atoms with Crippen molar-refractivity contribution in [3.8, 4) is 0 Å². The number of hydrogen-bond acceptors (Lipinski definition) is 3. The number of carbonyl (C=O) groups excluding carboxylic acids is 1. The first-order valence-corrected chi connectivity index (χ1v) is 4.95. The number of ether oxygens (including phenoxy) is 1. The Labute approximate surface area is 90.2 Å². The number of carbonyl (C=O) groups is 1. The zero-order valence-corrected chi connectivity index (χ0v) is 9.66. The lowest BCUT2D eigenvalue weighted by Gasteiger charge is -2.03. The molecular weight excluding hydrogens is 283 g/mol. The molecule has 1 aromatic heterocycles. The predicted molar refractivity (Wildman–Crippen MR) is 58.0 cm³/mol. The summed E-state index contributed by atoms with van der Waals surface area (Å²) >= 11 is 2.12. The highest BCUT2D eigenvalue weighted by molar-refractivity contribution is 14.1. The molecule has 1 rings (SSSR count). The molecular formula is C8H11IN2O2. The van der Waals surface area contributed by atoms with Gasteiger partial charge in [0, 0.05) is 9.77 Å². The standard InChI is InChI=1S/C8H11IN2O2/c1-3-13-8(12)7-5(2)6(9)4-11(7)10/h4H,3,10H2,1-2H3. The molecule has 0 saturated carbocycles. The molecule has 0 bridgehead atoms. The Kier molecular flexibility index (Phi) is 3.18. The molecule has 13 heavy (non-hydrogen) atoms. The lowest BCUT2D eigenvalue weighted by molar-refractivity contribution is 0.0515. The molecule has 0 amide bonds. The minimum absolute atomic E-state index is 0.361. The second kappa shape index (κ2) is 3.99. The Morgan fingerprint density at radius 1 is 1.77 bits per heavy atom. The van der Waals surface area contributed by atoms with Gasteiger partial charge in [0.15, 0.2) is 5.69 Å². The molecule has 2 N–H and O–H groups in total. The van der Waals surface area contributed by atoms with Crippen molar-refractivity contribution < 1.29 is 9.53 Å². The number of hydrogen-bond donors (Lipinski definition) is 1. The summed E-state index contributed by atoms with van der Waals surface area (Å²) < 4.78 is 7.12. The van der Waals surface area contributed by atoms with Crippen LogP contribution < -0.4 is 5.84 Å². The fourth-order valence-corrected chi connectivity index (χ4v) is 1.60. The molecule has 0 unspecified atom stereocenters. The van der Waals surface area contributed by atoms with Gasteiger partial charge in [0.1, 0.15) is 0 Å². The Hall–Kier alpha value is -0.720. The van der Waals surface area contributed by atoms with Crippen LogP contribution in [0.25, 0.3) is 0 Å². The van der Waals surface area contributed by atoms with Gasteiger partial charge in [0.05, 0.1) is 6.61 Å². The smallest absolute Gasteiger partial charge is 0.357 e. The number of esters is 1. The maximum atomic E-state index is 11.4. The van der Waals surface area contributed by atoms with Crippen molar-refractivity contribution >= 4 is 28.6 Å². The molecule has 72 valence electrons. The molecule has 0 fully saturated rings. The van der Waals surface area contributed by atoms with Crippen LogP contribution in [0, 0.1) is 10.5 Å². The monoisotopic (exact) mass is 294 g/mol. The number of nitrogen functional groups attached to an aromatic ring is 1. The van der Waals surface area contributed by atoms with Gasteiger partial charge in [0.25, 0.3) is 0 Å². The van der Waals surface area contributed by atoms with Crippen LogP contribution in [-0.4, -0.2) is 17.3 Å². The SMILES string of the molecule is CCOC(=O)c1c(C)c(I)cn1N. The second-order valence-electron chi connectivity index (χ2n) is 2.58. The average molecular weight is 294 g/mol. The second-order valence-corrected chi connectivity index (χ2v) is 3.74. The Morgan fingerprint density at radius 3 is 2.77 bits per heavy atom. The zero-order valence-electron chi connectivity index (χ0n) is 7.50. The van der Waals surface area contributed by atoms with E-state index in [0.29, 0.717) is 12.3 Å². The van der Waals surface area contributed by atoms with Gasteiger partial charge >= 0.3 is 5.97 Å². The van der Waals surface area contributed by atoms with Crippen LogP contribution in [0.15, 0.2) is 6.20 Å². The van der Waals surface area contributed by atoms with E-state index in [1.54, 1.807) is 13.1 Å². The van der Waals surface area contributed by atoms with E-state index in [0.717, 1.165) is 9.13 Å². The fourth-order valence-electron chi connectivity index (χ4n) is 1.05. The molecule has 0 spiro atoms. The minimum atomic E-state index is -0.370. The largest absolute Gasteiger partial charge is 0.461 e. The molecule has 0 saturated heterocycles. The Bertz CT molecular complexity index is 333. The van der Waals surface area contributed by atoms with Crippen LogP contribution in [0.4, 0.5) is 0 Å². The van der Waals surface area contributed by atoms with Crippen molar-refractivity contribution in [1.29, 1.82) is 0 Å². The van der Waals surface area contributed by atoms with Gasteiger partial charge in [-0.15, -0.1) is 0 Å². The number of rotatable bonds is 2. The van der Waals surface area contributed by atoms with Gasteiger partial charge in [0.2, 0.25) is 0 Å². The van der Waals surface area contributed by atoms with E-state index in [1.165, 1.54) is 4.68 Å². The third-order valence-corrected chi connectivity index (χ3v) is 2.78. The highest BCUT2D eigenvalue weighted by atomic mass is 127. The Balaban J connectivity index is 3.06. The van der Waals surface area contributed by atoms with Crippen molar-refractivity contribution in [2.24, 2.45) is 0 Å². The van der Waals surface area contributed by atoms with Crippen LogP contribution in [0.2, 0.25) is 0 Å². The Morgan fingerprint density at radius 2 is 2.38 bits per heavy atom. The van der Waals surface area contributed by atoms with Crippen molar-refractivity contribution in [3.05, 3.63) is 21.0 Å². The minimum Gasteiger partial charge on any atom is -0.461 e. The first-order valence-electron chi connectivity index (χ1n) is 3.87. The summed E-state index contributed by atoms with van der Waals surface area (Å²) in [6.45, 7) is 3.97. The van der Waals surface area contributed by atoms with Gasteiger partial charge in [-0.3, -0.25) is 4.68 Å². The van der Waals surface area contributed by atoms with Gasteiger partial charge < -0.3 is 10.6 Å². The summed E-state index contributed by atoms with van der Waals surface area (Å²) in [5.41, 5.74) is 1.29. The highest BCUT2D eigenvalue weighted by Gasteiger charge is 2.17. The summed E-state index contributed by atoms with van der Waals surface area (Å²) in [6.07, 6.45) is 1.70. The maximum Gasteiger partial charge on any atom is 0.357 e. The predicted octanol–water partition coefficient (Wildman–Crippen LogP) is 1.29. The van der Waals surface area contributed by atoms with Gasteiger partial charge in [-0.1, -0.05) is 0 Å². The number of halogens is 1. The van der Waals surface area contributed by atoms with Crippen LogP contribution in [-0.2, 0) is 4.74 Å². The topological polar surface area (TPSA) is 57.2 Å². The molecule has 1 heterocycles. The van der Waals surface area contributed by atoms with Gasteiger partial charge in [-0.25, -0.2) is 4.79 Å². The summed E-state index contributed by atoms with van der Waals surface area (Å²) in [6, 6.07) is 0. The summed E-state index contributed by atoms with van der Waals surface area (Å²) in [4.78, 5) is 11.4. The fraction of sp³-hybridized carbons (Fsp3) is 0.375. The average Bonchev–Trinajstić information content (AvgIpc) is 2.27.